The number of nitrogens with zero attached hydrogens (tertiary/aromatic N) is 1. The summed E-state index contributed by atoms with van der Waals surface area (Å²) < 4.78 is 37.6. The standard InChI is InChI=1S/C13H11ClF3N/c1-2-4-10(8-18)12(14)9-5-3-6-11(7-9)13(15,16)17/h3,5-7H,2,4H2,1H3. The highest BCUT2D eigenvalue weighted by Crippen LogP contribution is 2.33. The van der Waals surface area contributed by atoms with E-state index < -0.39 is 11.7 Å². The molecule has 0 N–H and O–H groups in total. The lowest BCUT2D eigenvalue weighted by Crippen LogP contribution is -2.04. The van der Waals surface area contributed by atoms with Gasteiger partial charge in [0.15, 0.2) is 0 Å². The molecule has 0 saturated carbocycles. The molecule has 0 atom stereocenters. The second-order valence-electron chi connectivity index (χ2n) is 3.73. The van der Waals surface area contributed by atoms with Crippen molar-refractivity contribution >= 4 is 16.6 Å². The van der Waals surface area contributed by atoms with E-state index in [1.54, 1.807) is 0 Å². The van der Waals surface area contributed by atoms with E-state index in [9.17, 15) is 13.2 Å². The van der Waals surface area contributed by atoms with Gasteiger partial charge in [-0.3, -0.25) is 0 Å². The Morgan fingerprint density at radius 3 is 2.56 bits per heavy atom. The van der Waals surface area contributed by atoms with E-state index in [2.05, 4.69) is 0 Å². The highest BCUT2D eigenvalue weighted by Gasteiger charge is 2.30. The summed E-state index contributed by atoms with van der Waals surface area (Å²) in [6.07, 6.45) is -3.26. The molecule has 0 spiro atoms. The number of nitriles is 1. The van der Waals surface area contributed by atoms with Crippen molar-refractivity contribution < 1.29 is 13.2 Å². The van der Waals surface area contributed by atoms with E-state index in [1.807, 2.05) is 13.0 Å². The first-order valence-corrected chi connectivity index (χ1v) is 5.74. The van der Waals surface area contributed by atoms with Crippen molar-refractivity contribution in [1.82, 2.24) is 0 Å². The number of halogens is 4. The van der Waals surface area contributed by atoms with Crippen LogP contribution in [0.4, 0.5) is 13.2 Å². The second kappa shape index (κ2) is 5.92. The lowest BCUT2D eigenvalue weighted by molar-refractivity contribution is -0.137. The molecule has 1 nitrogen and oxygen atoms in total. The van der Waals surface area contributed by atoms with Crippen LogP contribution in [0.25, 0.3) is 5.03 Å². The Morgan fingerprint density at radius 1 is 1.39 bits per heavy atom. The predicted octanol–water partition coefficient (Wildman–Crippen LogP) is 4.98. The molecule has 0 aromatic heterocycles. The number of allylic oxidation sites excluding steroid dienone is 1. The summed E-state index contributed by atoms with van der Waals surface area (Å²) in [6, 6.07) is 6.59. The Balaban J connectivity index is 3.23. The fraction of sp³-hybridized carbons (Fsp3) is 0.308. The molecule has 0 saturated heterocycles. The van der Waals surface area contributed by atoms with Gasteiger partial charge in [-0.2, -0.15) is 18.4 Å². The Morgan fingerprint density at radius 2 is 2.06 bits per heavy atom. The summed E-state index contributed by atoms with van der Waals surface area (Å²) in [5, 5.41) is 8.99. The molecular formula is C13H11ClF3N. The number of hydrogen-bond acceptors (Lipinski definition) is 1. The molecule has 0 aliphatic carbocycles. The Kier molecular flexibility index (Phi) is 4.80. The van der Waals surface area contributed by atoms with Crippen LogP contribution in [0.1, 0.15) is 30.9 Å². The first-order valence-electron chi connectivity index (χ1n) is 5.36. The molecule has 0 aliphatic heterocycles. The van der Waals surface area contributed by atoms with E-state index in [1.165, 1.54) is 12.1 Å². The van der Waals surface area contributed by atoms with Crippen LogP contribution in [0.3, 0.4) is 0 Å². The molecule has 1 aromatic carbocycles. The van der Waals surface area contributed by atoms with Crippen LogP contribution in [-0.4, -0.2) is 0 Å². The lowest BCUT2D eigenvalue weighted by atomic mass is 10.1. The van der Waals surface area contributed by atoms with E-state index in [0.717, 1.165) is 12.1 Å². The zero-order chi connectivity index (χ0) is 13.8. The van der Waals surface area contributed by atoms with Gasteiger partial charge in [0.2, 0.25) is 0 Å². The molecule has 0 aliphatic rings. The predicted molar refractivity (Wildman–Crippen MR) is 64.7 cm³/mol. The topological polar surface area (TPSA) is 23.8 Å². The molecular weight excluding hydrogens is 263 g/mol. The van der Waals surface area contributed by atoms with E-state index in [-0.39, 0.29) is 10.6 Å². The SMILES string of the molecule is CCCC(C#N)=C(Cl)c1cccc(C(F)(F)F)c1. The molecule has 96 valence electrons. The van der Waals surface area contributed by atoms with Gasteiger partial charge in [-0.05, 0) is 24.1 Å². The molecule has 1 rings (SSSR count). The van der Waals surface area contributed by atoms with E-state index in [4.69, 9.17) is 16.9 Å². The maximum absolute atomic E-state index is 12.5. The fourth-order valence-electron chi connectivity index (χ4n) is 1.47. The molecule has 0 unspecified atom stereocenters. The van der Waals surface area contributed by atoms with Crippen molar-refractivity contribution in [2.24, 2.45) is 0 Å². The van der Waals surface area contributed by atoms with Crippen LogP contribution in [-0.2, 0) is 6.18 Å². The Labute approximate surface area is 108 Å². The van der Waals surface area contributed by atoms with Crippen molar-refractivity contribution in [1.29, 1.82) is 5.26 Å². The van der Waals surface area contributed by atoms with Gasteiger partial charge in [-0.25, -0.2) is 0 Å². The van der Waals surface area contributed by atoms with Crippen molar-refractivity contribution in [3.05, 3.63) is 41.0 Å². The molecule has 18 heavy (non-hydrogen) atoms. The maximum Gasteiger partial charge on any atom is 0.416 e. The molecule has 0 heterocycles. The van der Waals surface area contributed by atoms with Gasteiger partial charge in [0, 0.05) is 5.57 Å². The minimum atomic E-state index is -4.41. The number of benzene rings is 1. The molecule has 0 fully saturated rings. The molecule has 1 aromatic rings. The number of alkyl halides is 3. The zero-order valence-electron chi connectivity index (χ0n) is 9.68. The van der Waals surface area contributed by atoms with Crippen molar-refractivity contribution in [2.45, 2.75) is 25.9 Å². The van der Waals surface area contributed by atoms with Gasteiger partial charge in [0.05, 0.1) is 16.7 Å². The minimum absolute atomic E-state index is 0.0884. The van der Waals surface area contributed by atoms with Gasteiger partial charge < -0.3 is 0 Å². The third kappa shape index (κ3) is 3.51. The molecule has 5 heteroatoms. The summed E-state index contributed by atoms with van der Waals surface area (Å²) in [6.45, 7) is 1.87. The average molecular weight is 274 g/mol. The normalized spacial score (nSPS) is 12.9. The van der Waals surface area contributed by atoms with E-state index in [0.29, 0.717) is 18.4 Å². The summed E-state index contributed by atoms with van der Waals surface area (Å²) in [5.41, 5.74) is -0.248. The van der Waals surface area contributed by atoms with Crippen LogP contribution in [0.15, 0.2) is 29.8 Å². The number of hydrogen-bond donors (Lipinski definition) is 0. The van der Waals surface area contributed by atoms with Crippen LogP contribution in [0.2, 0.25) is 0 Å². The van der Waals surface area contributed by atoms with Gasteiger partial charge in [0.25, 0.3) is 0 Å². The largest absolute Gasteiger partial charge is 0.416 e. The van der Waals surface area contributed by atoms with Gasteiger partial charge in [0.1, 0.15) is 0 Å². The monoisotopic (exact) mass is 273 g/mol. The zero-order valence-corrected chi connectivity index (χ0v) is 10.4. The minimum Gasteiger partial charge on any atom is -0.193 e. The van der Waals surface area contributed by atoms with Gasteiger partial charge in [-0.1, -0.05) is 37.1 Å². The first-order chi connectivity index (χ1) is 8.40. The van der Waals surface area contributed by atoms with Crippen molar-refractivity contribution in [3.63, 3.8) is 0 Å². The first kappa shape index (κ1) is 14.6. The van der Waals surface area contributed by atoms with Crippen LogP contribution in [0, 0.1) is 11.3 Å². The quantitative estimate of drug-likeness (QED) is 0.713. The maximum atomic E-state index is 12.5. The molecule has 0 radical (unpaired) electrons. The Hall–Kier alpha value is -1.47. The smallest absolute Gasteiger partial charge is 0.193 e. The van der Waals surface area contributed by atoms with Crippen LogP contribution in [0.5, 0.6) is 0 Å². The second-order valence-corrected chi connectivity index (χ2v) is 4.11. The van der Waals surface area contributed by atoms with Gasteiger partial charge >= 0.3 is 6.18 Å². The summed E-state index contributed by atoms with van der Waals surface area (Å²) >= 11 is 5.96. The molecule has 0 amide bonds. The van der Waals surface area contributed by atoms with Crippen molar-refractivity contribution in [3.8, 4) is 6.07 Å². The number of rotatable bonds is 3. The third-order valence-electron chi connectivity index (χ3n) is 2.34. The summed E-state index contributed by atoms with van der Waals surface area (Å²) in [5.74, 6) is 0. The fourth-order valence-corrected chi connectivity index (χ4v) is 1.73. The lowest BCUT2D eigenvalue weighted by Gasteiger charge is -2.09. The average Bonchev–Trinajstić information content (AvgIpc) is 2.34. The van der Waals surface area contributed by atoms with Gasteiger partial charge in [-0.15, -0.1) is 0 Å². The summed E-state index contributed by atoms with van der Waals surface area (Å²) in [7, 11) is 0. The van der Waals surface area contributed by atoms with Crippen LogP contribution >= 0.6 is 11.6 Å². The van der Waals surface area contributed by atoms with Crippen molar-refractivity contribution in [2.75, 3.05) is 0 Å². The highest BCUT2D eigenvalue weighted by atomic mass is 35.5. The third-order valence-corrected chi connectivity index (χ3v) is 2.79. The highest BCUT2D eigenvalue weighted by molar-refractivity contribution is 6.49. The van der Waals surface area contributed by atoms with Crippen LogP contribution < -0.4 is 0 Å². The summed E-state index contributed by atoms with van der Waals surface area (Å²) in [4.78, 5) is 0. The molecule has 0 bridgehead atoms. The Bertz CT molecular complexity index is 498. The van der Waals surface area contributed by atoms with E-state index >= 15 is 0 Å².